The van der Waals surface area contributed by atoms with Crippen LogP contribution >= 0.6 is 11.6 Å². The lowest BCUT2D eigenvalue weighted by molar-refractivity contribution is 0.236. The van der Waals surface area contributed by atoms with Crippen LogP contribution in [0.3, 0.4) is 0 Å². The normalized spacial score (nSPS) is 16.7. The Bertz CT molecular complexity index is 873. The number of aromatic nitrogens is 3. The molecular weight excluding hydrogens is 300 g/mol. The van der Waals surface area contributed by atoms with Gasteiger partial charge in [0.1, 0.15) is 5.52 Å². The number of rotatable bonds is 1. The van der Waals surface area contributed by atoms with Crippen molar-refractivity contribution in [3.63, 3.8) is 0 Å². The number of carbonyl (C=O) groups excluding carboxylic acids is 1. The average molecular weight is 313 g/mol. The minimum atomic E-state index is -0.272. The van der Waals surface area contributed by atoms with Gasteiger partial charge in [-0.2, -0.15) is 4.68 Å². The van der Waals surface area contributed by atoms with Crippen molar-refractivity contribution in [3.05, 3.63) is 58.6 Å². The highest BCUT2D eigenvalue weighted by Crippen LogP contribution is 2.30. The summed E-state index contributed by atoms with van der Waals surface area (Å²) in [6.07, 6.45) is 1.89. The first-order valence-corrected chi connectivity index (χ1v) is 7.50. The Morgan fingerprint density at radius 2 is 2.14 bits per heavy atom. The maximum absolute atomic E-state index is 12.5. The van der Waals surface area contributed by atoms with Crippen molar-refractivity contribution in [2.45, 2.75) is 18.9 Å². The molecule has 1 aliphatic rings. The predicted molar refractivity (Wildman–Crippen MR) is 84.0 cm³/mol. The van der Waals surface area contributed by atoms with E-state index in [2.05, 4.69) is 27.8 Å². The van der Waals surface area contributed by atoms with Gasteiger partial charge in [0.05, 0.1) is 11.6 Å². The highest BCUT2D eigenvalue weighted by atomic mass is 35.5. The summed E-state index contributed by atoms with van der Waals surface area (Å²) in [5.74, 6) is 0. The van der Waals surface area contributed by atoms with E-state index in [-0.39, 0.29) is 12.1 Å². The Balaban J connectivity index is 1.62. The quantitative estimate of drug-likeness (QED) is 0.749. The second kappa shape index (κ2) is 5.10. The molecule has 1 aliphatic carbocycles. The Morgan fingerprint density at radius 1 is 1.27 bits per heavy atom. The second-order valence-electron chi connectivity index (χ2n) is 5.37. The summed E-state index contributed by atoms with van der Waals surface area (Å²) >= 11 is 5.92. The van der Waals surface area contributed by atoms with E-state index in [1.165, 1.54) is 15.8 Å². The topological polar surface area (TPSA) is 59.8 Å². The van der Waals surface area contributed by atoms with E-state index < -0.39 is 0 Å². The van der Waals surface area contributed by atoms with E-state index >= 15 is 0 Å². The van der Waals surface area contributed by atoms with Crippen molar-refractivity contribution in [2.75, 3.05) is 0 Å². The minimum absolute atomic E-state index is 0.0234. The maximum atomic E-state index is 12.5. The van der Waals surface area contributed by atoms with Crippen LogP contribution in [0.4, 0.5) is 4.79 Å². The zero-order valence-corrected chi connectivity index (χ0v) is 12.4. The number of hydrogen-bond donors (Lipinski definition) is 1. The van der Waals surface area contributed by atoms with E-state index in [4.69, 9.17) is 11.6 Å². The van der Waals surface area contributed by atoms with Gasteiger partial charge in [0, 0.05) is 5.02 Å². The molecule has 0 bridgehead atoms. The number of nitrogens with one attached hydrogen (secondary N) is 1. The van der Waals surface area contributed by atoms with Crippen molar-refractivity contribution in [2.24, 2.45) is 0 Å². The SMILES string of the molecule is O=C(NC1CCc2ccccc21)n1nnc2cc(Cl)ccc21. The number of carbonyl (C=O) groups is 1. The van der Waals surface area contributed by atoms with Gasteiger partial charge < -0.3 is 5.32 Å². The maximum Gasteiger partial charge on any atom is 0.344 e. The van der Waals surface area contributed by atoms with E-state index in [1.807, 2.05) is 12.1 Å². The Kier molecular flexibility index (Phi) is 3.08. The molecule has 3 aromatic rings. The lowest BCUT2D eigenvalue weighted by atomic mass is 10.1. The van der Waals surface area contributed by atoms with Crippen molar-refractivity contribution in [1.29, 1.82) is 0 Å². The molecule has 0 spiro atoms. The van der Waals surface area contributed by atoms with Gasteiger partial charge in [0.15, 0.2) is 0 Å². The van der Waals surface area contributed by atoms with Crippen LogP contribution in [0.2, 0.25) is 5.02 Å². The highest BCUT2D eigenvalue weighted by molar-refractivity contribution is 6.31. The molecule has 0 saturated heterocycles. The van der Waals surface area contributed by atoms with Crippen LogP contribution in [0.25, 0.3) is 11.0 Å². The Morgan fingerprint density at radius 3 is 3.05 bits per heavy atom. The van der Waals surface area contributed by atoms with Crippen molar-refractivity contribution in [1.82, 2.24) is 20.3 Å². The summed E-state index contributed by atoms with van der Waals surface area (Å²) < 4.78 is 1.28. The fraction of sp³-hybridized carbons (Fsp3) is 0.188. The van der Waals surface area contributed by atoms with Crippen molar-refractivity contribution >= 4 is 28.7 Å². The summed E-state index contributed by atoms with van der Waals surface area (Å²) in [6.45, 7) is 0. The van der Waals surface area contributed by atoms with Crippen LogP contribution in [-0.4, -0.2) is 21.0 Å². The first kappa shape index (κ1) is 13.3. The van der Waals surface area contributed by atoms with Crippen LogP contribution in [0.15, 0.2) is 42.5 Å². The molecule has 1 atom stereocenters. The van der Waals surface area contributed by atoms with Gasteiger partial charge in [-0.25, -0.2) is 4.79 Å². The second-order valence-corrected chi connectivity index (χ2v) is 5.81. The average Bonchev–Trinajstić information content (AvgIpc) is 3.11. The number of aryl methyl sites for hydroxylation is 1. The molecule has 1 heterocycles. The van der Waals surface area contributed by atoms with E-state index in [0.717, 1.165) is 12.8 Å². The van der Waals surface area contributed by atoms with Gasteiger partial charge in [-0.05, 0) is 42.2 Å². The molecule has 0 saturated carbocycles. The number of amides is 1. The van der Waals surface area contributed by atoms with E-state index in [0.29, 0.717) is 16.1 Å². The van der Waals surface area contributed by atoms with Crippen LogP contribution < -0.4 is 5.32 Å². The summed E-state index contributed by atoms with van der Waals surface area (Å²) in [5.41, 5.74) is 3.73. The van der Waals surface area contributed by atoms with Crippen LogP contribution in [0, 0.1) is 0 Å². The standard InChI is InChI=1S/C16H13ClN4O/c17-11-6-8-15-14(9-11)19-20-21(15)16(22)18-13-7-5-10-3-1-2-4-12(10)13/h1-4,6,8-9,13H,5,7H2,(H,18,22). The monoisotopic (exact) mass is 312 g/mol. The molecule has 6 heteroatoms. The molecule has 2 aromatic carbocycles. The molecule has 110 valence electrons. The summed E-state index contributed by atoms with van der Waals surface area (Å²) in [6, 6.07) is 13.1. The van der Waals surface area contributed by atoms with Gasteiger partial charge in [0.2, 0.25) is 0 Å². The first-order valence-electron chi connectivity index (χ1n) is 7.12. The molecule has 0 aliphatic heterocycles. The highest BCUT2D eigenvalue weighted by Gasteiger charge is 2.24. The van der Waals surface area contributed by atoms with Crippen LogP contribution in [0.5, 0.6) is 0 Å². The molecule has 0 fully saturated rings. The van der Waals surface area contributed by atoms with Gasteiger partial charge in [-0.3, -0.25) is 0 Å². The molecular formula is C16H13ClN4O. The third-order valence-corrected chi connectivity index (χ3v) is 4.27. The largest absolute Gasteiger partial charge is 0.344 e. The van der Waals surface area contributed by atoms with E-state index in [1.54, 1.807) is 18.2 Å². The molecule has 5 nitrogen and oxygen atoms in total. The number of halogens is 1. The third-order valence-electron chi connectivity index (χ3n) is 4.03. The van der Waals surface area contributed by atoms with Gasteiger partial charge in [-0.1, -0.05) is 41.1 Å². The smallest absolute Gasteiger partial charge is 0.329 e. The van der Waals surface area contributed by atoms with Gasteiger partial charge in [0.25, 0.3) is 0 Å². The Labute approximate surface area is 131 Å². The number of nitrogens with zero attached hydrogens (tertiary/aromatic N) is 3. The third kappa shape index (κ3) is 2.14. The lowest BCUT2D eigenvalue weighted by Gasteiger charge is -2.13. The zero-order valence-electron chi connectivity index (χ0n) is 11.7. The molecule has 22 heavy (non-hydrogen) atoms. The minimum Gasteiger partial charge on any atom is -0.329 e. The number of benzene rings is 2. The van der Waals surface area contributed by atoms with Crippen LogP contribution in [-0.2, 0) is 6.42 Å². The van der Waals surface area contributed by atoms with Gasteiger partial charge >= 0.3 is 6.03 Å². The fourth-order valence-electron chi connectivity index (χ4n) is 2.96. The summed E-state index contributed by atoms with van der Waals surface area (Å²) in [7, 11) is 0. The molecule has 1 N–H and O–H groups in total. The zero-order chi connectivity index (χ0) is 15.1. The van der Waals surface area contributed by atoms with Crippen molar-refractivity contribution < 1.29 is 4.79 Å². The van der Waals surface area contributed by atoms with E-state index in [9.17, 15) is 4.79 Å². The number of hydrogen-bond acceptors (Lipinski definition) is 3. The fourth-order valence-corrected chi connectivity index (χ4v) is 3.13. The molecule has 1 aromatic heterocycles. The predicted octanol–water partition coefficient (Wildman–Crippen LogP) is 3.33. The number of fused-ring (bicyclic) bond motifs is 2. The summed E-state index contributed by atoms with van der Waals surface area (Å²) in [5, 5.41) is 11.5. The first-order chi connectivity index (χ1) is 10.7. The lowest BCUT2D eigenvalue weighted by Crippen LogP contribution is -2.32. The Hall–Kier alpha value is -2.40. The molecule has 4 rings (SSSR count). The summed E-state index contributed by atoms with van der Waals surface area (Å²) in [4.78, 5) is 12.5. The van der Waals surface area contributed by atoms with Gasteiger partial charge in [-0.15, -0.1) is 5.10 Å². The molecule has 1 amide bonds. The van der Waals surface area contributed by atoms with Crippen molar-refractivity contribution in [3.8, 4) is 0 Å². The van der Waals surface area contributed by atoms with Crippen LogP contribution in [0.1, 0.15) is 23.6 Å². The molecule has 0 radical (unpaired) electrons. The molecule has 1 unspecified atom stereocenters.